The van der Waals surface area contributed by atoms with Gasteiger partial charge < -0.3 is 9.72 Å². The summed E-state index contributed by atoms with van der Waals surface area (Å²) in [6, 6.07) is 9.55. The molecule has 0 saturated carbocycles. The van der Waals surface area contributed by atoms with Gasteiger partial charge in [0, 0.05) is 12.4 Å². The van der Waals surface area contributed by atoms with E-state index in [1.165, 1.54) is 12.1 Å². The lowest BCUT2D eigenvalue weighted by Gasteiger charge is -2.06. The Morgan fingerprint density at radius 1 is 1.14 bits per heavy atom. The molecule has 0 atom stereocenters. The molecule has 0 saturated heterocycles. The zero-order valence-electron chi connectivity index (χ0n) is 15.3. The van der Waals surface area contributed by atoms with Crippen molar-refractivity contribution >= 4 is 23.2 Å². The number of fused-ring (bicyclic) bond motifs is 1. The van der Waals surface area contributed by atoms with Crippen LogP contribution in [0.2, 0.25) is 5.02 Å². The highest BCUT2D eigenvalue weighted by Gasteiger charge is 2.19. The van der Waals surface area contributed by atoms with Crippen LogP contribution in [0.1, 0.15) is 27.4 Å². The fourth-order valence-electron chi connectivity index (χ4n) is 3.17. The lowest BCUT2D eigenvalue weighted by Crippen LogP contribution is -2.24. The van der Waals surface area contributed by atoms with E-state index in [1.807, 2.05) is 23.6 Å². The summed E-state index contributed by atoms with van der Waals surface area (Å²) in [6.07, 6.45) is 3.58. The van der Waals surface area contributed by atoms with Gasteiger partial charge in [0.2, 0.25) is 0 Å². The highest BCUT2D eigenvalue weighted by atomic mass is 35.5. The van der Waals surface area contributed by atoms with E-state index in [4.69, 9.17) is 11.6 Å². The van der Waals surface area contributed by atoms with Crippen molar-refractivity contribution in [2.45, 2.75) is 20.4 Å². The average molecular weight is 398 g/mol. The van der Waals surface area contributed by atoms with E-state index in [2.05, 4.69) is 15.4 Å². The molecule has 3 heterocycles. The SMILES string of the molecule is Cc1nn(-c2ccc(F)cc2)c(C)c1C(=O)NCc1cn2cc(Cl)ccc2n1. The minimum Gasteiger partial charge on any atom is -0.346 e. The van der Waals surface area contributed by atoms with E-state index in [-0.39, 0.29) is 18.3 Å². The zero-order valence-corrected chi connectivity index (χ0v) is 16.0. The van der Waals surface area contributed by atoms with Crippen molar-refractivity contribution < 1.29 is 9.18 Å². The molecule has 0 fully saturated rings. The highest BCUT2D eigenvalue weighted by molar-refractivity contribution is 6.30. The molecule has 0 aliphatic carbocycles. The molecule has 8 heteroatoms. The molecule has 0 aliphatic rings. The Labute approximate surface area is 165 Å². The number of imidazole rings is 1. The van der Waals surface area contributed by atoms with Crippen molar-refractivity contribution in [1.82, 2.24) is 24.5 Å². The van der Waals surface area contributed by atoms with Crippen molar-refractivity contribution in [3.63, 3.8) is 0 Å². The molecule has 142 valence electrons. The number of aromatic nitrogens is 4. The maximum absolute atomic E-state index is 13.2. The van der Waals surface area contributed by atoms with Crippen LogP contribution in [0.5, 0.6) is 0 Å². The number of amides is 1. The van der Waals surface area contributed by atoms with Crippen molar-refractivity contribution in [3.8, 4) is 5.69 Å². The molecule has 0 spiro atoms. The molecule has 0 aliphatic heterocycles. The number of hydrogen-bond donors (Lipinski definition) is 1. The number of hydrogen-bond acceptors (Lipinski definition) is 3. The van der Waals surface area contributed by atoms with Gasteiger partial charge in [0.1, 0.15) is 11.5 Å². The molecule has 3 aromatic heterocycles. The topological polar surface area (TPSA) is 64.2 Å². The highest BCUT2D eigenvalue weighted by Crippen LogP contribution is 2.18. The van der Waals surface area contributed by atoms with Crippen molar-refractivity contribution in [2.75, 3.05) is 0 Å². The Bertz CT molecular complexity index is 1180. The first kappa shape index (κ1) is 18.2. The van der Waals surface area contributed by atoms with E-state index in [9.17, 15) is 9.18 Å². The summed E-state index contributed by atoms with van der Waals surface area (Å²) in [5, 5.41) is 7.93. The second-order valence-electron chi connectivity index (χ2n) is 6.46. The van der Waals surface area contributed by atoms with Gasteiger partial charge >= 0.3 is 0 Å². The van der Waals surface area contributed by atoms with E-state index >= 15 is 0 Å². The van der Waals surface area contributed by atoms with E-state index in [0.717, 1.165) is 11.3 Å². The summed E-state index contributed by atoms with van der Waals surface area (Å²) in [5.74, 6) is -0.560. The molecule has 6 nitrogen and oxygen atoms in total. The third-order valence-corrected chi connectivity index (χ3v) is 4.71. The monoisotopic (exact) mass is 397 g/mol. The third kappa shape index (κ3) is 3.36. The minimum atomic E-state index is -0.322. The summed E-state index contributed by atoms with van der Waals surface area (Å²) >= 11 is 5.98. The summed E-state index contributed by atoms with van der Waals surface area (Å²) < 4.78 is 16.6. The van der Waals surface area contributed by atoms with Gasteiger partial charge in [-0.25, -0.2) is 14.1 Å². The molecular weight excluding hydrogens is 381 g/mol. The Kier molecular flexibility index (Phi) is 4.60. The van der Waals surface area contributed by atoms with Gasteiger partial charge in [0.25, 0.3) is 5.91 Å². The average Bonchev–Trinajstić information content (AvgIpc) is 3.20. The van der Waals surface area contributed by atoms with Crippen molar-refractivity contribution in [1.29, 1.82) is 0 Å². The fourth-order valence-corrected chi connectivity index (χ4v) is 3.33. The number of rotatable bonds is 4. The minimum absolute atomic E-state index is 0.238. The number of halogens is 2. The number of benzene rings is 1. The van der Waals surface area contributed by atoms with Crippen LogP contribution in [0.4, 0.5) is 4.39 Å². The first-order chi connectivity index (χ1) is 13.4. The number of pyridine rings is 1. The zero-order chi connectivity index (χ0) is 19.8. The Balaban J connectivity index is 1.55. The quantitative estimate of drug-likeness (QED) is 0.568. The largest absolute Gasteiger partial charge is 0.346 e. The summed E-state index contributed by atoms with van der Waals surface area (Å²) in [7, 11) is 0. The van der Waals surface area contributed by atoms with Gasteiger partial charge in [-0.15, -0.1) is 0 Å². The van der Waals surface area contributed by atoms with Gasteiger partial charge in [-0.1, -0.05) is 11.6 Å². The number of carbonyl (C=O) groups is 1. The van der Waals surface area contributed by atoms with Crippen LogP contribution in [0, 0.1) is 19.7 Å². The Morgan fingerprint density at radius 3 is 2.64 bits per heavy atom. The van der Waals surface area contributed by atoms with Gasteiger partial charge in [-0.3, -0.25) is 4.79 Å². The Morgan fingerprint density at radius 2 is 1.89 bits per heavy atom. The van der Waals surface area contributed by atoms with E-state index in [1.54, 1.807) is 36.0 Å². The predicted octanol–water partition coefficient (Wildman–Crippen LogP) is 3.86. The van der Waals surface area contributed by atoms with Gasteiger partial charge in [0.15, 0.2) is 0 Å². The lowest BCUT2D eigenvalue weighted by atomic mass is 10.2. The maximum Gasteiger partial charge on any atom is 0.255 e. The molecule has 0 radical (unpaired) electrons. The summed E-state index contributed by atoms with van der Waals surface area (Å²) in [4.78, 5) is 17.2. The summed E-state index contributed by atoms with van der Waals surface area (Å²) in [5.41, 5.74) is 3.95. The maximum atomic E-state index is 13.2. The van der Waals surface area contributed by atoms with Crippen LogP contribution < -0.4 is 5.32 Å². The normalized spacial score (nSPS) is 11.1. The molecular formula is C20H17ClFN5O. The van der Waals surface area contributed by atoms with Crippen LogP contribution >= 0.6 is 11.6 Å². The molecule has 1 N–H and O–H groups in total. The molecule has 28 heavy (non-hydrogen) atoms. The van der Waals surface area contributed by atoms with Crippen molar-refractivity contribution in [3.05, 3.63) is 82.3 Å². The van der Waals surface area contributed by atoms with Crippen LogP contribution in [-0.4, -0.2) is 25.1 Å². The van der Waals surface area contributed by atoms with Crippen LogP contribution in [-0.2, 0) is 6.54 Å². The second-order valence-corrected chi connectivity index (χ2v) is 6.90. The molecule has 1 amide bonds. The second kappa shape index (κ2) is 7.09. The van der Waals surface area contributed by atoms with Crippen LogP contribution in [0.25, 0.3) is 11.3 Å². The molecule has 1 aromatic carbocycles. The number of carbonyl (C=O) groups excluding carboxylic acids is 1. The first-order valence-corrected chi connectivity index (χ1v) is 9.03. The number of nitrogens with zero attached hydrogens (tertiary/aromatic N) is 4. The standard InChI is InChI=1S/C20H17ClFN5O/c1-12-19(13(2)27(25-12)17-6-4-15(22)5-7-17)20(28)23-9-16-11-26-10-14(21)3-8-18(26)24-16/h3-8,10-11H,9H2,1-2H3,(H,23,28). The fraction of sp³-hybridized carbons (Fsp3) is 0.150. The number of nitrogens with one attached hydrogen (secondary N) is 1. The van der Waals surface area contributed by atoms with Gasteiger partial charge in [-0.2, -0.15) is 5.10 Å². The van der Waals surface area contributed by atoms with Gasteiger partial charge in [-0.05, 0) is 50.2 Å². The molecule has 4 rings (SSSR count). The third-order valence-electron chi connectivity index (χ3n) is 4.48. The van der Waals surface area contributed by atoms with E-state index in [0.29, 0.717) is 27.7 Å². The Hall–Kier alpha value is -3.19. The summed E-state index contributed by atoms with van der Waals surface area (Å²) in [6.45, 7) is 3.86. The van der Waals surface area contributed by atoms with Crippen molar-refractivity contribution in [2.24, 2.45) is 0 Å². The lowest BCUT2D eigenvalue weighted by molar-refractivity contribution is 0.0949. The van der Waals surface area contributed by atoms with Crippen LogP contribution in [0.15, 0.2) is 48.8 Å². The molecule has 0 unspecified atom stereocenters. The van der Waals surface area contributed by atoms with Crippen LogP contribution in [0.3, 0.4) is 0 Å². The number of aryl methyl sites for hydroxylation is 1. The molecule has 4 aromatic rings. The predicted molar refractivity (Wildman–Crippen MR) is 104 cm³/mol. The smallest absolute Gasteiger partial charge is 0.255 e. The molecule has 0 bridgehead atoms. The van der Waals surface area contributed by atoms with E-state index < -0.39 is 0 Å². The first-order valence-electron chi connectivity index (χ1n) is 8.66. The van der Waals surface area contributed by atoms with Gasteiger partial charge in [0.05, 0.1) is 39.9 Å².